The van der Waals surface area contributed by atoms with E-state index in [2.05, 4.69) is 0 Å². The Morgan fingerprint density at radius 3 is 2.71 bits per heavy atom. The number of hydrogen-bond acceptors (Lipinski definition) is 3. The lowest BCUT2D eigenvalue weighted by atomic mass is 10.1. The van der Waals surface area contributed by atoms with Crippen molar-refractivity contribution in [2.24, 2.45) is 5.73 Å². The molecule has 0 atom stereocenters. The Bertz CT molecular complexity index is 430. The van der Waals surface area contributed by atoms with E-state index in [4.69, 9.17) is 16.1 Å². The molecule has 1 aromatic carbocycles. The summed E-state index contributed by atoms with van der Waals surface area (Å²) in [5.74, 6) is -1.13. The Morgan fingerprint density at radius 1 is 1.50 bits per heavy atom. The van der Waals surface area contributed by atoms with E-state index in [9.17, 15) is 4.79 Å². The Labute approximate surface area is 80.9 Å². The number of aliphatic carboxylic acids is 1. The Kier molecular flexibility index (Phi) is 2.87. The molecule has 0 saturated heterocycles. The number of hydrogen-bond donors (Lipinski definition) is 2. The molecule has 0 amide bonds. The van der Waals surface area contributed by atoms with Crippen molar-refractivity contribution in [3.63, 3.8) is 0 Å². The molecule has 0 fully saturated rings. The average Bonchev–Trinajstić information content (AvgIpc) is 2.16. The van der Waals surface area contributed by atoms with Gasteiger partial charge in [0.05, 0.1) is 11.6 Å². The second-order valence-electron chi connectivity index (χ2n) is 2.60. The molecule has 0 bridgehead atoms. The average molecular weight is 188 g/mol. The summed E-state index contributed by atoms with van der Waals surface area (Å²) >= 11 is 0. The number of nitrogens with zero attached hydrogens (tertiary/aromatic N) is 1. The first-order valence-corrected chi connectivity index (χ1v) is 3.84. The van der Waals surface area contributed by atoms with Crippen molar-refractivity contribution < 1.29 is 9.90 Å². The number of rotatable bonds is 2. The van der Waals surface area contributed by atoms with Gasteiger partial charge in [0.1, 0.15) is 0 Å². The summed E-state index contributed by atoms with van der Waals surface area (Å²) in [5, 5.41) is 17.2. The molecule has 0 radical (unpaired) electrons. The zero-order valence-electron chi connectivity index (χ0n) is 7.27. The molecule has 4 nitrogen and oxygen atoms in total. The zero-order chi connectivity index (χ0) is 10.6. The first-order chi connectivity index (χ1) is 6.65. The molecule has 0 saturated carbocycles. The lowest BCUT2D eigenvalue weighted by molar-refractivity contribution is -0.131. The highest BCUT2D eigenvalue weighted by Gasteiger charge is 2.04. The Balaban J connectivity index is 3.20. The van der Waals surface area contributed by atoms with Crippen LogP contribution in [0.15, 0.2) is 30.3 Å². The highest BCUT2D eigenvalue weighted by Crippen LogP contribution is 2.13. The molecular weight excluding hydrogens is 180 g/mol. The third-order valence-electron chi connectivity index (χ3n) is 1.64. The van der Waals surface area contributed by atoms with Crippen LogP contribution in [0, 0.1) is 11.3 Å². The molecule has 70 valence electrons. The fourth-order valence-electron chi connectivity index (χ4n) is 1.04. The first-order valence-electron chi connectivity index (χ1n) is 3.84. The summed E-state index contributed by atoms with van der Waals surface area (Å²) in [7, 11) is 0. The van der Waals surface area contributed by atoms with E-state index in [1.165, 1.54) is 0 Å². The molecule has 0 aromatic heterocycles. The van der Waals surface area contributed by atoms with Crippen LogP contribution in [0.2, 0.25) is 0 Å². The van der Waals surface area contributed by atoms with Gasteiger partial charge in [-0.2, -0.15) is 5.26 Å². The fraction of sp³-hybridized carbons (Fsp3) is 0. The van der Waals surface area contributed by atoms with E-state index in [0.29, 0.717) is 11.1 Å². The van der Waals surface area contributed by atoms with Crippen molar-refractivity contribution in [2.45, 2.75) is 0 Å². The first kappa shape index (κ1) is 9.81. The summed E-state index contributed by atoms with van der Waals surface area (Å²) in [6.07, 6.45) is 0.871. The van der Waals surface area contributed by atoms with Crippen molar-refractivity contribution in [2.75, 3.05) is 0 Å². The van der Waals surface area contributed by atoms with Gasteiger partial charge in [0, 0.05) is 17.3 Å². The molecule has 1 aromatic rings. The molecule has 0 spiro atoms. The Hall–Kier alpha value is -2.28. The molecule has 0 unspecified atom stereocenters. The molecule has 4 heteroatoms. The van der Waals surface area contributed by atoms with Gasteiger partial charge in [-0.15, -0.1) is 0 Å². The monoisotopic (exact) mass is 188 g/mol. The van der Waals surface area contributed by atoms with Crippen LogP contribution in [-0.4, -0.2) is 11.1 Å². The minimum atomic E-state index is -1.13. The fourth-order valence-corrected chi connectivity index (χ4v) is 1.04. The number of carboxylic acids is 1. The van der Waals surface area contributed by atoms with E-state index in [1.54, 1.807) is 24.3 Å². The molecule has 14 heavy (non-hydrogen) atoms. The van der Waals surface area contributed by atoms with Gasteiger partial charge in [-0.25, -0.2) is 4.79 Å². The van der Waals surface area contributed by atoms with Crippen LogP contribution in [0.25, 0.3) is 5.70 Å². The van der Waals surface area contributed by atoms with E-state index in [0.717, 1.165) is 6.08 Å². The lowest BCUT2D eigenvalue weighted by Crippen LogP contribution is -2.02. The minimum absolute atomic E-state index is 0.0784. The summed E-state index contributed by atoms with van der Waals surface area (Å²) in [4.78, 5) is 10.3. The predicted molar refractivity (Wildman–Crippen MR) is 51.0 cm³/mol. The number of carbonyl (C=O) groups is 1. The predicted octanol–water partition coefficient (Wildman–Crippen LogP) is 0.942. The van der Waals surface area contributed by atoms with Gasteiger partial charge in [0.25, 0.3) is 0 Å². The zero-order valence-corrected chi connectivity index (χ0v) is 7.27. The van der Waals surface area contributed by atoms with Crippen LogP contribution < -0.4 is 5.73 Å². The minimum Gasteiger partial charge on any atom is -0.478 e. The van der Waals surface area contributed by atoms with E-state index >= 15 is 0 Å². The molecule has 0 aliphatic rings. The largest absolute Gasteiger partial charge is 0.478 e. The lowest BCUT2D eigenvalue weighted by Gasteiger charge is -2.01. The van der Waals surface area contributed by atoms with Crippen molar-refractivity contribution in [1.29, 1.82) is 5.26 Å². The van der Waals surface area contributed by atoms with Crippen LogP contribution in [-0.2, 0) is 4.79 Å². The van der Waals surface area contributed by atoms with Gasteiger partial charge in [-0.05, 0) is 6.07 Å². The maximum atomic E-state index is 10.3. The molecule has 0 heterocycles. The number of benzene rings is 1. The molecule has 0 aliphatic carbocycles. The maximum Gasteiger partial charge on any atom is 0.330 e. The molecular formula is C10H8N2O2. The van der Waals surface area contributed by atoms with Crippen molar-refractivity contribution in [3.8, 4) is 6.07 Å². The SMILES string of the molecule is N#Cc1ccccc1/C(N)=C/C(=O)O. The standard InChI is InChI=1S/C10H8N2O2/c11-6-7-3-1-2-4-8(7)9(12)5-10(13)14/h1-5H,12H2,(H,13,14)/b9-5-. The van der Waals surface area contributed by atoms with Crippen molar-refractivity contribution in [1.82, 2.24) is 0 Å². The van der Waals surface area contributed by atoms with Gasteiger partial charge in [0.15, 0.2) is 0 Å². The summed E-state index contributed by atoms with van der Waals surface area (Å²) < 4.78 is 0. The molecule has 3 N–H and O–H groups in total. The Morgan fingerprint density at radius 2 is 2.14 bits per heavy atom. The van der Waals surface area contributed by atoms with Crippen LogP contribution in [0.4, 0.5) is 0 Å². The van der Waals surface area contributed by atoms with Gasteiger partial charge < -0.3 is 10.8 Å². The van der Waals surface area contributed by atoms with E-state index in [-0.39, 0.29) is 5.70 Å². The maximum absolute atomic E-state index is 10.3. The highest BCUT2D eigenvalue weighted by molar-refractivity contribution is 5.89. The van der Waals surface area contributed by atoms with Gasteiger partial charge >= 0.3 is 5.97 Å². The quantitative estimate of drug-likeness (QED) is 0.676. The second kappa shape index (κ2) is 4.10. The van der Waals surface area contributed by atoms with Crippen LogP contribution in [0.1, 0.15) is 11.1 Å². The third kappa shape index (κ3) is 2.11. The van der Waals surface area contributed by atoms with E-state index in [1.807, 2.05) is 6.07 Å². The van der Waals surface area contributed by atoms with Crippen molar-refractivity contribution >= 4 is 11.7 Å². The van der Waals surface area contributed by atoms with E-state index < -0.39 is 5.97 Å². The summed E-state index contributed by atoms with van der Waals surface area (Å²) in [6.45, 7) is 0. The molecule has 1 rings (SSSR count). The molecule has 0 aliphatic heterocycles. The summed E-state index contributed by atoms with van der Waals surface area (Å²) in [6, 6.07) is 8.51. The third-order valence-corrected chi connectivity index (χ3v) is 1.64. The van der Waals surface area contributed by atoms with Crippen LogP contribution in [0.3, 0.4) is 0 Å². The van der Waals surface area contributed by atoms with Gasteiger partial charge in [0.2, 0.25) is 0 Å². The normalized spacial score (nSPS) is 10.6. The number of nitrogens with two attached hydrogens (primary N) is 1. The highest BCUT2D eigenvalue weighted by atomic mass is 16.4. The van der Waals surface area contributed by atoms with Crippen LogP contribution in [0.5, 0.6) is 0 Å². The van der Waals surface area contributed by atoms with Crippen LogP contribution >= 0.6 is 0 Å². The topological polar surface area (TPSA) is 87.1 Å². The van der Waals surface area contributed by atoms with Gasteiger partial charge in [-0.1, -0.05) is 18.2 Å². The number of carboxylic acid groups (broad SMARTS) is 1. The van der Waals surface area contributed by atoms with Crippen molar-refractivity contribution in [3.05, 3.63) is 41.5 Å². The van der Waals surface area contributed by atoms with Gasteiger partial charge in [-0.3, -0.25) is 0 Å². The summed E-state index contributed by atoms with van der Waals surface area (Å²) in [5.41, 5.74) is 6.39. The second-order valence-corrected chi connectivity index (χ2v) is 2.60. The smallest absolute Gasteiger partial charge is 0.330 e. The number of nitriles is 1.